The van der Waals surface area contributed by atoms with E-state index >= 15 is 0 Å². The van der Waals surface area contributed by atoms with Crippen molar-refractivity contribution in [1.29, 1.82) is 0 Å². The minimum Gasteiger partial charge on any atom is -0.258 e. The molecule has 18 heavy (non-hydrogen) atoms. The maximum Gasteiger partial charge on any atom is 0.271 e. The maximum absolute atomic E-state index is 10.8. The summed E-state index contributed by atoms with van der Waals surface area (Å²) in [7, 11) is 0. The molecule has 0 unspecified atom stereocenters. The van der Waals surface area contributed by atoms with Crippen LogP contribution in [0.2, 0.25) is 0 Å². The van der Waals surface area contributed by atoms with Gasteiger partial charge < -0.3 is 0 Å². The van der Waals surface area contributed by atoms with E-state index in [9.17, 15) is 10.1 Å². The molecule has 2 rings (SSSR count). The summed E-state index contributed by atoms with van der Waals surface area (Å²) in [6.45, 7) is 1.88. The number of rotatable bonds is 4. The highest BCUT2D eigenvalue weighted by atomic mass is 79.9. The van der Waals surface area contributed by atoms with Gasteiger partial charge in [-0.2, -0.15) is 0 Å². The summed E-state index contributed by atoms with van der Waals surface area (Å²) in [5.74, 6) is 0. The number of non-ortho nitro benzene ring substituents is 1. The molecule has 1 heterocycles. The number of nitrogens with zero attached hydrogens (tertiary/aromatic N) is 4. The van der Waals surface area contributed by atoms with Gasteiger partial charge in [-0.05, 0) is 12.5 Å². The van der Waals surface area contributed by atoms with Crippen molar-refractivity contribution in [2.75, 3.05) is 5.33 Å². The molecular weight excluding hydrogens is 300 g/mol. The molecule has 0 spiro atoms. The van der Waals surface area contributed by atoms with Crippen LogP contribution in [-0.4, -0.2) is 25.2 Å². The van der Waals surface area contributed by atoms with Crippen molar-refractivity contribution in [3.05, 3.63) is 45.8 Å². The number of halogens is 1. The van der Waals surface area contributed by atoms with E-state index < -0.39 is 4.92 Å². The van der Waals surface area contributed by atoms with Crippen LogP contribution in [0.5, 0.6) is 0 Å². The number of hydrogen-bond acceptors (Lipinski definition) is 4. The van der Waals surface area contributed by atoms with Crippen LogP contribution in [0.3, 0.4) is 0 Å². The first-order chi connectivity index (χ1) is 8.61. The Balaban J connectivity index is 2.41. The molecule has 1 aromatic carbocycles. The molecule has 94 valence electrons. The number of aryl methyl sites for hydroxylation is 2. The quantitative estimate of drug-likeness (QED) is 0.494. The van der Waals surface area contributed by atoms with Gasteiger partial charge in [-0.25, -0.2) is 4.68 Å². The highest BCUT2D eigenvalue weighted by Gasteiger charge is 2.11. The van der Waals surface area contributed by atoms with Gasteiger partial charge in [-0.3, -0.25) is 10.1 Å². The average molecular weight is 311 g/mol. The number of alkyl halides is 1. The number of aromatic nitrogens is 3. The standard InChI is InChI=1S/C11H11BrN4O2/c1-8-2-3-10(16(17)18)6-11(8)15-7-9(4-5-12)13-14-15/h2-3,6-7H,4-5H2,1H3. The molecular formula is C11H11BrN4O2. The molecule has 0 N–H and O–H groups in total. The Morgan fingerprint density at radius 1 is 1.50 bits per heavy atom. The van der Waals surface area contributed by atoms with Gasteiger partial charge in [0.25, 0.3) is 5.69 Å². The summed E-state index contributed by atoms with van der Waals surface area (Å²) in [5, 5.41) is 19.6. The highest BCUT2D eigenvalue weighted by molar-refractivity contribution is 9.09. The fourth-order valence-corrected chi connectivity index (χ4v) is 1.99. The third kappa shape index (κ3) is 2.56. The lowest BCUT2D eigenvalue weighted by atomic mass is 10.2. The van der Waals surface area contributed by atoms with E-state index in [0.717, 1.165) is 23.0 Å². The Bertz CT molecular complexity index is 582. The summed E-state index contributed by atoms with van der Waals surface area (Å²) in [4.78, 5) is 10.3. The molecule has 0 amide bonds. The molecule has 0 aliphatic carbocycles. The first-order valence-electron chi connectivity index (χ1n) is 5.34. The lowest BCUT2D eigenvalue weighted by Gasteiger charge is -2.04. The van der Waals surface area contributed by atoms with Crippen LogP contribution in [0.25, 0.3) is 5.69 Å². The lowest BCUT2D eigenvalue weighted by Crippen LogP contribution is -1.99. The van der Waals surface area contributed by atoms with E-state index in [1.807, 2.05) is 6.92 Å². The van der Waals surface area contributed by atoms with Crippen LogP contribution < -0.4 is 0 Å². The topological polar surface area (TPSA) is 73.8 Å². The fraction of sp³-hybridized carbons (Fsp3) is 0.273. The molecule has 0 atom stereocenters. The van der Waals surface area contributed by atoms with Crippen LogP contribution >= 0.6 is 15.9 Å². The summed E-state index contributed by atoms with van der Waals surface area (Å²) < 4.78 is 1.57. The molecule has 0 saturated carbocycles. The van der Waals surface area contributed by atoms with Crippen LogP contribution in [0.4, 0.5) is 5.69 Å². The van der Waals surface area contributed by atoms with Gasteiger partial charge in [0.1, 0.15) is 0 Å². The van der Waals surface area contributed by atoms with Crippen molar-refractivity contribution in [2.45, 2.75) is 13.3 Å². The molecule has 0 saturated heterocycles. The van der Waals surface area contributed by atoms with Gasteiger partial charge >= 0.3 is 0 Å². The van der Waals surface area contributed by atoms with Crippen LogP contribution in [0.15, 0.2) is 24.4 Å². The van der Waals surface area contributed by atoms with E-state index in [1.165, 1.54) is 12.1 Å². The minimum atomic E-state index is -0.417. The molecule has 7 heteroatoms. The first-order valence-corrected chi connectivity index (χ1v) is 6.46. The van der Waals surface area contributed by atoms with E-state index in [0.29, 0.717) is 5.69 Å². The van der Waals surface area contributed by atoms with E-state index in [1.54, 1.807) is 16.9 Å². The Morgan fingerprint density at radius 2 is 2.28 bits per heavy atom. The van der Waals surface area contributed by atoms with Crippen LogP contribution in [-0.2, 0) is 6.42 Å². The van der Waals surface area contributed by atoms with Crippen LogP contribution in [0, 0.1) is 17.0 Å². The Labute approximate surface area is 112 Å². The predicted octanol–water partition coefficient (Wildman–Crippen LogP) is 2.42. The van der Waals surface area contributed by atoms with Crippen LogP contribution in [0.1, 0.15) is 11.3 Å². The summed E-state index contributed by atoms with van der Waals surface area (Å²) >= 11 is 3.33. The lowest BCUT2D eigenvalue weighted by molar-refractivity contribution is -0.384. The third-order valence-corrected chi connectivity index (χ3v) is 2.94. The third-order valence-electron chi connectivity index (χ3n) is 2.54. The highest BCUT2D eigenvalue weighted by Crippen LogP contribution is 2.20. The van der Waals surface area contributed by atoms with Gasteiger partial charge in [0.2, 0.25) is 0 Å². The van der Waals surface area contributed by atoms with Gasteiger partial charge in [-0.1, -0.05) is 27.2 Å². The monoisotopic (exact) mass is 310 g/mol. The van der Waals surface area contributed by atoms with Crippen molar-refractivity contribution in [1.82, 2.24) is 15.0 Å². The average Bonchev–Trinajstić information content (AvgIpc) is 2.78. The molecule has 1 aromatic heterocycles. The molecule has 0 radical (unpaired) electrons. The molecule has 6 nitrogen and oxygen atoms in total. The Morgan fingerprint density at radius 3 is 2.94 bits per heavy atom. The second kappa shape index (κ2) is 5.26. The van der Waals surface area contributed by atoms with E-state index in [2.05, 4.69) is 26.2 Å². The van der Waals surface area contributed by atoms with Gasteiger partial charge in [-0.15, -0.1) is 5.10 Å². The Kier molecular flexibility index (Phi) is 3.71. The summed E-state index contributed by atoms with van der Waals surface area (Å²) in [5.41, 5.74) is 2.49. The molecule has 0 bridgehead atoms. The van der Waals surface area contributed by atoms with Gasteiger partial charge in [0.15, 0.2) is 0 Å². The first kappa shape index (κ1) is 12.7. The number of hydrogen-bond donors (Lipinski definition) is 0. The largest absolute Gasteiger partial charge is 0.271 e. The second-order valence-corrected chi connectivity index (χ2v) is 4.61. The fourth-order valence-electron chi connectivity index (χ4n) is 1.59. The normalized spacial score (nSPS) is 10.6. The van der Waals surface area contributed by atoms with Crippen molar-refractivity contribution < 1.29 is 4.92 Å². The molecule has 0 fully saturated rings. The zero-order valence-electron chi connectivity index (χ0n) is 9.71. The van der Waals surface area contributed by atoms with Crippen molar-refractivity contribution >= 4 is 21.6 Å². The molecule has 0 aliphatic rings. The minimum absolute atomic E-state index is 0.0492. The smallest absolute Gasteiger partial charge is 0.258 e. The molecule has 2 aromatic rings. The van der Waals surface area contributed by atoms with E-state index in [-0.39, 0.29) is 5.69 Å². The zero-order valence-corrected chi connectivity index (χ0v) is 11.3. The summed E-state index contributed by atoms with van der Waals surface area (Å²) in [6.07, 6.45) is 2.56. The Hall–Kier alpha value is -1.76. The zero-order chi connectivity index (χ0) is 13.1. The SMILES string of the molecule is Cc1ccc([N+](=O)[O-])cc1-n1cc(CCBr)nn1. The predicted molar refractivity (Wildman–Crippen MR) is 70.2 cm³/mol. The van der Waals surface area contributed by atoms with Gasteiger partial charge in [0, 0.05) is 23.9 Å². The number of nitro benzene ring substituents is 1. The number of benzene rings is 1. The van der Waals surface area contributed by atoms with Crippen molar-refractivity contribution in [2.24, 2.45) is 0 Å². The second-order valence-electron chi connectivity index (χ2n) is 3.82. The molecule has 0 aliphatic heterocycles. The van der Waals surface area contributed by atoms with Gasteiger partial charge in [0.05, 0.1) is 22.5 Å². The number of nitro groups is 1. The van der Waals surface area contributed by atoms with Crippen molar-refractivity contribution in [3.63, 3.8) is 0 Å². The summed E-state index contributed by atoms with van der Waals surface area (Å²) in [6, 6.07) is 4.69. The van der Waals surface area contributed by atoms with Crippen molar-refractivity contribution in [3.8, 4) is 5.69 Å². The van der Waals surface area contributed by atoms with E-state index in [4.69, 9.17) is 0 Å². The maximum atomic E-state index is 10.8.